The summed E-state index contributed by atoms with van der Waals surface area (Å²) in [6.45, 7) is 2.36. The zero-order valence-corrected chi connectivity index (χ0v) is 12.5. The van der Waals surface area contributed by atoms with Gasteiger partial charge < -0.3 is 10.4 Å². The fourth-order valence-electron chi connectivity index (χ4n) is 1.78. The van der Waals surface area contributed by atoms with Gasteiger partial charge in [-0.05, 0) is 31.2 Å². The van der Waals surface area contributed by atoms with Gasteiger partial charge in [0.05, 0.1) is 10.7 Å². The van der Waals surface area contributed by atoms with Crippen LogP contribution in [0, 0.1) is 18.8 Å². The van der Waals surface area contributed by atoms with Crippen molar-refractivity contribution < 1.29 is 9.90 Å². The van der Waals surface area contributed by atoms with Gasteiger partial charge in [0.15, 0.2) is 0 Å². The Kier molecular flexibility index (Phi) is 5.50. The molecule has 5 heteroatoms. The highest BCUT2D eigenvalue weighted by molar-refractivity contribution is 7.09. The van der Waals surface area contributed by atoms with Crippen LogP contribution in [0.3, 0.4) is 0 Å². The minimum Gasteiger partial charge on any atom is -0.384 e. The third kappa shape index (κ3) is 4.71. The van der Waals surface area contributed by atoms with Gasteiger partial charge in [-0.2, -0.15) is 0 Å². The van der Waals surface area contributed by atoms with Crippen LogP contribution in [0.4, 0.5) is 0 Å². The van der Waals surface area contributed by atoms with E-state index in [2.05, 4.69) is 22.1 Å². The number of nitrogens with one attached hydrogen (secondary N) is 1. The second-order valence-electron chi connectivity index (χ2n) is 4.40. The maximum Gasteiger partial charge on any atom is 0.251 e. The third-order valence-electron chi connectivity index (χ3n) is 2.79. The number of hydrogen-bond acceptors (Lipinski definition) is 4. The number of thiazole rings is 1. The second kappa shape index (κ2) is 7.58. The number of rotatable bonds is 4. The summed E-state index contributed by atoms with van der Waals surface area (Å²) in [7, 11) is 0. The van der Waals surface area contributed by atoms with Crippen LogP contribution in [0.25, 0.3) is 0 Å². The van der Waals surface area contributed by atoms with Crippen molar-refractivity contribution in [2.24, 2.45) is 0 Å². The Labute approximate surface area is 127 Å². The molecule has 2 aromatic rings. The average Bonchev–Trinajstić information content (AvgIpc) is 2.91. The molecule has 1 heterocycles. The molecule has 0 atom stereocenters. The molecular weight excluding hydrogens is 284 g/mol. The highest BCUT2D eigenvalue weighted by Crippen LogP contribution is 2.08. The summed E-state index contributed by atoms with van der Waals surface area (Å²) in [6.07, 6.45) is 0.732. The number of aromatic nitrogens is 1. The molecule has 1 aromatic carbocycles. The molecule has 1 aromatic heterocycles. The number of carbonyl (C=O) groups excluding carboxylic acids is 1. The standard InChI is InChI=1S/C16H16N2O2S/c1-12-18-15(11-21-12)8-9-17-16(20)14-6-4-13(5-7-14)3-2-10-19/h4-7,11,19H,8-10H2,1H3,(H,17,20). The van der Waals surface area contributed by atoms with Gasteiger partial charge in [-0.3, -0.25) is 4.79 Å². The number of hydrogen-bond donors (Lipinski definition) is 2. The summed E-state index contributed by atoms with van der Waals surface area (Å²) >= 11 is 1.61. The van der Waals surface area contributed by atoms with E-state index < -0.39 is 0 Å². The lowest BCUT2D eigenvalue weighted by atomic mass is 10.1. The number of carbonyl (C=O) groups is 1. The van der Waals surface area contributed by atoms with Gasteiger partial charge in [0.25, 0.3) is 5.91 Å². The van der Waals surface area contributed by atoms with Crippen molar-refractivity contribution >= 4 is 17.2 Å². The third-order valence-corrected chi connectivity index (χ3v) is 3.61. The lowest BCUT2D eigenvalue weighted by molar-refractivity contribution is 0.0954. The first-order chi connectivity index (χ1) is 10.2. The van der Waals surface area contributed by atoms with Crippen LogP contribution < -0.4 is 5.32 Å². The minimum absolute atomic E-state index is 0.108. The Hall–Kier alpha value is -2.16. The molecule has 0 saturated heterocycles. The zero-order valence-electron chi connectivity index (χ0n) is 11.7. The molecule has 21 heavy (non-hydrogen) atoms. The molecular formula is C16H16N2O2S. The van der Waals surface area contributed by atoms with Crippen molar-refractivity contribution in [3.63, 3.8) is 0 Å². The largest absolute Gasteiger partial charge is 0.384 e. The lowest BCUT2D eigenvalue weighted by Gasteiger charge is -2.04. The molecule has 0 radical (unpaired) electrons. The number of nitrogens with zero attached hydrogens (tertiary/aromatic N) is 1. The van der Waals surface area contributed by atoms with Crippen LogP contribution >= 0.6 is 11.3 Å². The molecule has 1 amide bonds. The summed E-state index contributed by atoms with van der Waals surface area (Å²) in [5, 5.41) is 14.5. The van der Waals surface area contributed by atoms with Crippen LogP contribution in [0.1, 0.15) is 26.6 Å². The number of aryl methyl sites for hydroxylation is 1. The Morgan fingerprint density at radius 2 is 2.14 bits per heavy atom. The summed E-state index contributed by atoms with van der Waals surface area (Å²) in [5.41, 5.74) is 2.38. The maximum atomic E-state index is 12.0. The van der Waals surface area contributed by atoms with Crippen molar-refractivity contribution in [2.45, 2.75) is 13.3 Å². The SMILES string of the molecule is Cc1nc(CCNC(=O)c2ccc(C#CCO)cc2)cs1. The topological polar surface area (TPSA) is 62.2 Å². The van der Waals surface area contributed by atoms with E-state index in [4.69, 9.17) is 5.11 Å². The van der Waals surface area contributed by atoms with Crippen LogP contribution in [0.5, 0.6) is 0 Å². The number of benzene rings is 1. The van der Waals surface area contributed by atoms with Gasteiger partial charge in [0.1, 0.15) is 6.61 Å². The molecule has 0 spiro atoms. The van der Waals surface area contributed by atoms with Crippen molar-refractivity contribution in [2.75, 3.05) is 13.2 Å². The Bertz CT molecular complexity index is 666. The second-order valence-corrected chi connectivity index (χ2v) is 5.46. The Balaban J connectivity index is 1.85. The summed E-state index contributed by atoms with van der Waals surface area (Å²) < 4.78 is 0. The average molecular weight is 300 g/mol. The van der Waals surface area contributed by atoms with Crippen molar-refractivity contribution in [3.05, 3.63) is 51.5 Å². The summed E-state index contributed by atoms with van der Waals surface area (Å²) in [4.78, 5) is 16.3. The molecule has 2 N–H and O–H groups in total. The molecule has 2 rings (SSSR count). The van der Waals surface area contributed by atoms with Crippen LogP contribution in [-0.4, -0.2) is 29.1 Å². The predicted molar refractivity (Wildman–Crippen MR) is 83.3 cm³/mol. The number of amides is 1. The minimum atomic E-state index is -0.168. The molecule has 0 fully saturated rings. The molecule has 0 aliphatic carbocycles. The van der Waals surface area contributed by atoms with E-state index in [9.17, 15) is 4.79 Å². The van der Waals surface area contributed by atoms with E-state index in [0.29, 0.717) is 12.1 Å². The highest BCUT2D eigenvalue weighted by atomic mass is 32.1. The van der Waals surface area contributed by atoms with E-state index in [1.807, 2.05) is 12.3 Å². The Morgan fingerprint density at radius 3 is 2.76 bits per heavy atom. The van der Waals surface area contributed by atoms with Gasteiger partial charge in [0.2, 0.25) is 0 Å². The fraction of sp³-hybridized carbons (Fsp3) is 0.250. The Morgan fingerprint density at radius 1 is 1.38 bits per heavy atom. The van der Waals surface area contributed by atoms with Crippen LogP contribution in [0.15, 0.2) is 29.6 Å². The van der Waals surface area contributed by atoms with Crippen molar-refractivity contribution in [1.82, 2.24) is 10.3 Å². The smallest absolute Gasteiger partial charge is 0.251 e. The number of aliphatic hydroxyl groups excluding tert-OH is 1. The van der Waals surface area contributed by atoms with Gasteiger partial charge in [-0.15, -0.1) is 11.3 Å². The van der Waals surface area contributed by atoms with E-state index in [0.717, 1.165) is 22.7 Å². The molecule has 0 saturated carbocycles. The summed E-state index contributed by atoms with van der Waals surface area (Å²) in [6, 6.07) is 6.98. The van der Waals surface area contributed by atoms with Crippen LogP contribution in [-0.2, 0) is 6.42 Å². The lowest BCUT2D eigenvalue weighted by Crippen LogP contribution is -2.25. The molecule has 4 nitrogen and oxygen atoms in total. The first-order valence-electron chi connectivity index (χ1n) is 6.58. The maximum absolute atomic E-state index is 12.0. The zero-order chi connectivity index (χ0) is 15.1. The van der Waals surface area contributed by atoms with Crippen molar-refractivity contribution in [1.29, 1.82) is 0 Å². The molecule has 108 valence electrons. The normalized spacial score (nSPS) is 9.81. The first kappa shape index (κ1) is 15.2. The van der Waals surface area contributed by atoms with E-state index in [1.165, 1.54) is 0 Å². The van der Waals surface area contributed by atoms with Gasteiger partial charge in [-0.25, -0.2) is 4.98 Å². The molecule has 0 unspecified atom stereocenters. The molecule has 0 aliphatic rings. The van der Waals surface area contributed by atoms with E-state index in [-0.39, 0.29) is 12.5 Å². The quantitative estimate of drug-likeness (QED) is 0.846. The molecule has 0 aliphatic heterocycles. The monoisotopic (exact) mass is 300 g/mol. The van der Waals surface area contributed by atoms with Gasteiger partial charge in [0, 0.05) is 29.5 Å². The van der Waals surface area contributed by atoms with Gasteiger partial charge in [-0.1, -0.05) is 11.8 Å². The first-order valence-corrected chi connectivity index (χ1v) is 7.46. The fourth-order valence-corrected chi connectivity index (χ4v) is 2.42. The van der Waals surface area contributed by atoms with E-state index >= 15 is 0 Å². The highest BCUT2D eigenvalue weighted by Gasteiger charge is 2.05. The van der Waals surface area contributed by atoms with Gasteiger partial charge >= 0.3 is 0 Å². The van der Waals surface area contributed by atoms with E-state index in [1.54, 1.807) is 35.6 Å². The number of aliphatic hydroxyl groups is 1. The molecule has 0 bridgehead atoms. The van der Waals surface area contributed by atoms with Crippen LogP contribution in [0.2, 0.25) is 0 Å². The predicted octanol–water partition coefficient (Wildman–Crippen LogP) is 1.77. The summed E-state index contributed by atoms with van der Waals surface area (Å²) in [5.74, 6) is 5.25. The van der Waals surface area contributed by atoms with Crippen molar-refractivity contribution in [3.8, 4) is 11.8 Å².